The number of amides is 1. The SMILES string of the molecule is COc1cccc(CN2CCC([C@H](NC(=O)c3ccccn3)c3ccccn3)CC2)c1OC. The van der Waals surface area contributed by atoms with E-state index in [0.717, 1.165) is 55.2 Å². The summed E-state index contributed by atoms with van der Waals surface area (Å²) in [5.74, 6) is 1.65. The Labute approximate surface area is 194 Å². The summed E-state index contributed by atoms with van der Waals surface area (Å²) in [7, 11) is 3.33. The lowest BCUT2D eigenvalue weighted by molar-refractivity contribution is 0.0883. The third-order valence-corrected chi connectivity index (χ3v) is 6.17. The minimum absolute atomic E-state index is 0.158. The van der Waals surface area contributed by atoms with Gasteiger partial charge >= 0.3 is 0 Å². The van der Waals surface area contributed by atoms with E-state index >= 15 is 0 Å². The number of nitrogens with zero attached hydrogens (tertiary/aromatic N) is 3. The van der Waals surface area contributed by atoms with Crippen LogP contribution in [0.2, 0.25) is 0 Å². The Balaban J connectivity index is 1.45. The lowest BCUT2D eigenvalue weighted by atomic mass is 9.87. The number of nitrogens with one attached hydrogen (secondary N) is 1. The number of carbonyl (C=O) groups excluding carboxylic acids is 1. The molecule has 7 heteroatoms. The second-order valence-electron chi connectivity index (χ2n) is 8.19. The van der Waals surface area contributed by atoms with E-state index in [4.69, 9.17) is 9.47 Å². The molecule has 1 amide bonds. The molecule has 4 rings (SSSR count). The normalized spacial score (nSPS) is 15.6. The molecule has 3 aromatic rings. The Morgan fingerprint density at radius 2 is 1.76 bits per heavy atom. The van der Waals surface area contributed by atoms with E-state index < -0.39 is 0 Å². The molecule has 0 aliphatic carbocycles. The molecule has 0 radical (unpaired) electrons. The summed E-state index contributed by atoms with van der Waals surface area (Å²) in [6.45, 7) is 2.64. The summed E-state index contributed by atoms with van der Waals surface area (Å²) >= 11 is 0. The molecule has 1 aliphatic rings. The molecule has 7 nitrogen and oxygen atoms in total. The molecule has 1 aromatic carbocycles. The van der Waals surface area contributed by atoms with E-state index in [0.29, 0.717) is 5.69 Å². The first kappa shape index (κ1) is 22.7. The Hall–Kier alpha value is -3.45. The van der Waals surface area contributed by atoms with Crippen LogP contribution in [0.25, 0.3) is 0 Å². The summed E-state index contributed by atoms with van der Waals surface area (Å²) in [5, 5.41) is 3.20. The zero-order valence-corrected chi connectivity index (χ0v) is 19.1. The standard InChI is InChI=1S/C26H30N4O3/c1-32-23-11-7-8-20(25(23)33-2)18-30-16-12-19(13-17-30)24(21-9-3-5-14-27-21)29-26(31)22-10-4-6-15-28-22/h3-11,14-15,19,24H,12-13,16-18H2,1-2H3,(H,29,31)/t24-/m0/s1. The van der Waals surface area contributed by atoms with Crippen molar-refractivity contribution in [2.45, 2.75) is 25.4 Å². The molecular formula is C26H30N4O3. The molecule has 3 heterocycles. The number of carbonyl (C=O) groups is 1. The largest absolute Gasteiger partial charge is 0.493 e. The second-order valence-corrected chi connectivity index (χ2v) is 8.19. The van der Waals surface area contributed by atoms with Crippen LogP contribution in [0.4, 0.5) is 0 Å². The molecule has 0 spiro atoms. The van der Waals surface area contributed by atoms with Crippen molar-refractivity contribution in [2.24, 2.45) is 5.92 Å². The quantitative estimate of drug-likeness (QED) is 0.566. The van der Waals surface area contributed by atoms with Crippen molar-refractivity contribution in [3.8, 4) is 11.5 Å². The fraction of sp³-hybridized carbons (Fsp3) is 0.346. The number of ether oxygens (including phenoxy) is 2. The van der Waals surface area contributed by atoms with Gasteiger partial charge in [-0.05, 0) is 62.2 Å². The molecule has 1 aliphatic heterocycles. The van der Waals surface area contributed by atoms with Gasteiger partial charge in [0.15, 0.2) is 11.5 Å². The van der Waals surface area contributed by atoms with Crippen LogP contribution in [0.15, 0.2) is 67.0 Å². The van der Waals surface area contributed by atoms with Crippen molar-refractivity contribution in [1.82, 2.24) is 20.2 Å². The minimum atomic E-state index is -0.171. The summed E-state index contributed by atoms with van der Waals surface area (Å²) in [5.41, 5.74) is 2.41. The lowest BCUT2D eigenvalue weighted by Crippen LogP contribution is -2.41. The summed E-state index contributed by atoms with van der Waals surface area (Å²) in [6, 6.07) is 17.0. The zero-order chi connectivity index (χ0) is 23.0. The Morgan fingerprint density at radius 3 is 2.39 bits per heavy atom. The minimum Gasteiger partial charge on any atom is -0.493 e. The summed E-state index contributed by atoms with van der Waals surface area (Å²) in [6.07, 6.45) is 5.32. The number of aromatic nitrogens is 2. The van der Waals surface area contributed by atoms with Gasteiger partial charge in [-0.2, -0.15) is 0 Å². The van der Waals surface area contributed by atoms with Gasteiger partial charge in [0.2, 0.25) is 0 Å². The lowest BCUT2D eigenvalue weighted by Gasteiger charge is -2.36. The van der Waals surface area contributed by atoms with Crippen LogP contribution in [0.5, 0.6) is 11.5 Å². The maximum Gasteiger partial charge on any atom is 0.270 e. The fourth-order valence-corrected chi connectivity index (χ4v) is 4.47. The van der Waals surface area contributed by atoms with Gasteiger partial charge in [0.1, 0.15) is 5.69 Å². The number of likely N-dealkylation sites (tertiary alicyclic amines) is 1. The monoisotopic (exact) mass is 446 g/mol. The van der Waals surface area contributed by atoms with Gasteiger partial charge < -0.3 is 14.8 Å². The number of para-hydroxylation sites is 1. The number of rotatable bonds is 8. The molecule has 172 valence electrons. The van der Waals surface area contributed by atoms with E-state index in [1.165, 1.54) is 0 Å². The van der Waals surface area contributed by atoms with Crippen molar-refractivity contribution in [1.29, 1.82) is 0 Å². The van der Waals surface area contributed by atoms with Crippen LogP contribution in [0.3, 0.4) is 0 Å². The predicted molar refractivity (Wildman–Crippen MR) is 126 cm³/mol. The van der Waals surface area contributed by atoms with Gasteiger partial charge in [-0.25, -0.2) is 0 Å². The van der Waals surface area contributed by atoms with E-state index in [2.05, 4.69) is 26.3 Å². The van der Waals surface area contributed by atoms with Crippen molar-refractivity contribution >= 4 is 5.91 Å². The molecule has 1 fully saturated rings. The number of benzene rings is 1. The average molecular weight is 447 g/mol. The zero-order valence-electron chi connectivity index (χ0n) is 19.1. The number of pyridine rings is 2. The number of hydrogen-bond acceptors (Lipinski definition) is 6. The van der Waals surface area contributed by atoms with Gasteiger partial charge in [0, 0.05) is 24.5 Å². The highest BCUT2D eigenvalue weighted by Crippen LogP contribution is 2.34. The first-order valence-corrected chi connectivity index (χ1v) is 11.2. The van der Waals surface area contributed by atoms with Crippen LogP contribution < -0.4 is 14.8 Å². The van der Waals surface area contributed by atoms with Crippen LogP contribution in [-0.2, 0) is 6.54 Å². The van der Waals surface area contributed by atoms with E-state index in [1.807, 2.05) is 36.4 Å². The maximum absolute atomic E-state index is 12.9. The van der Waals surface area contributed by atoms with E-state index in [1.54, 1.807) is 38.7 Å². The molecule has 0 unspecified atom stereocenters. The van der Waals surface area contributed by atoms with Gasteiger partial charge in [-0.3, -0.25) is 19.7 Å². The highest BCUT2D eigenvalue weighted by atomic mass is 16.5. The average Bonchev–Trinajstić information content (AvgIpc) is 2.88. The van der Waals surface area contributed by atoms with Gasteiger partial charge in [0.05, 0.1) is 26.0 Å². The molecule has 1 N–H and O–H groups in total. The van der Waals surface area contributed by atoms with Crippen molar-refractivity contribution in [2.75, 3.05) is 27.3 Å². The first-order valence-electron chi connectivity index (χ1n) is 11.2. The smallest absolute Gasteiger partial charge is 0.270 e. The van der Waals surface area contributed by atoms with Crippen LogP contribution in [-0.4, -0.2) is 48.1 Å². The highest BCUT2D eigenvalue weighted by Gasteiger charge is 2.30. The summed E-state index contributed by atoms with van der Waals surface area (Å²) in [4.78, 5) is 24.0. The van der Waals surface area contributed by atoms with Crippen LogP contribution >= 0.6 is 0 Å². The van der Waals surface area contributed by atoms with Crippen molar-refractivity contribution < 1.29 is 14.3 Å². The Bertz CT molecular complexity index is 1040. The van der Waals surface area contributed by atoms with Gasteiger partial charge in [-0.15, -0.1) is 0 Å². The Kier molecular flexibility index (Phi) is 7.52. The van der Waals surface area contributed by atoms with E-state index in [9.17, 15) is 4.79 Å². The number of methoxy groups -OCH3 is 2. The fourth-order valence-electron chi connectivity index (χ4n) is 4.47. The van der Waals surface area contributed by atoms with Gasteiger partial charge in [-0.1, -0.05) is 24.3 Å². The molecular weight excluding hydrogens is 416 g/mol. The van der Waals surface area contributed by atoms with Crippen LogP contribution in [0.1, 0.15) is 40.6 Å². The van der Waals surface area contributed by atoms with E-state index in [-0.39, 0.29) is 17.9 Å². The maximum atomic E-state index is 12.9. The highest BCUT2D eigenvalue weighted by molar-refractivity contribution is 5.92. The number of hydrogen-bond donors (Lipinski definition) is 1. The number of piperidine rings is 1. The molecule has 0 bridgehead atoms. The van der Waals surface area contributed by atoms with Gasteiger partial charge in [0.25, 0.3) is 5.91 Å². The van der Waals surface area contributed by atoms with Crippen molar-refractivity contribution in [3.05, 3.63) is 83.9 Å². The predicted octanol–water partition coefficient (Wildman–Crippen LogP) is 3.88. The molecule has 1 atom stereocenters. The van der Waals surface area contributed by atoms with Crippen LogP contribution in [0, 0.1) is 5.92 Å². The second kappa shape index (κ2) is 10.9. The molecule has 2 aromatic heterocycles. The summed E-state index contributed by atoms with van der Waals surface area (Å²) < 4.78 is 11.0. The molecule has 33 heavy (non-hydrogen) atoms. The molecule has 0 saturated carbocycles. The first-order chi connectivity index (χ1) is 16.2. The Morgan fingerprint density at radius 1 is 1.00 bits per heavy atom. The third-order valence-electron chi connectivity index (χ3n) is 6.17. The third kappa shape index (κ3) is 5.49. The molecule has 1 saturated heterocycles. The van der Waals surface area contributed by atoms with Crippen molar-refractivity contribution in [3.63, 3.8) is 0 Å². The topological polar surface area (TPSA) is 76.6 Å².